The Morgan fingerprint density at radius 3 is 2.90 bits per heavy atom. The number of fused-ring (bicyclic) bond motifs is 2. The number of hydrogen-bond acceptors (Lipinski definition) is 4. The molecule has 1 N–H and O–H groups in total. The molecule has 0 saturated carbocycles. The summed E-state index contributed by atoms with van der Waals surface area (Å²) in [5.74, 6) is -4.28. The van der Waals surface area contributed by atoms with Crippen molar-refractivity contribution in [3.8, 4) is 5.88 Å². The molecular weight excluding hydrogens is 409 g/mol. The van der Waals surface area contributed by atoms with Crippen LogP contribution in [0.1, 0.15) is 16.8 Å². The van der Waals surface area contributed by atoms with Gasteiger partial charge in [-0.15, -0.1) is 0 Å². The summed E-state index contributed by atoms with van der Waals surface area (Å²) in [4.78, 5) is 25.4. The minimum atomic E-state index is -3.15. The number of nitrogens with one attached hydrogen (secondary N) is 1. The number of piperidine rings is 1. The van der Waals surface area contributed by atoms with Gasteiger partial charge in [0.25, 0.3) is 11.8 Å². The van der Waals surface area contributed by atoms with Gasteiger partial charge in [0.2, 0.25) is 5.88 Å². The zero-order chi connectivity index (χ0) is 21.6. The van der Waals surface area contributed by atoms with E-state index in [2.05, 4.69) is 15.0 Å². The van der Waals surface area contributed by atoms with Gasteiger partial charge in [0.05, 0.1) is 29.5 Å². The number of likely N-dealkylation sites (tertiary alicyclic amines) is 1. The Kier molecular flexibility index (Phi) is 4.53. The lowest BCUT2D eigenvalue weighted by atomic mass is 10.0. The third-order valence-corrected chi connectivity index (χ3v) is 5.41. The van der Waals surface area contributed by atoms with E-state index < -0.39 is 30.2 Å². The fourth-order valence-corrected chi connectivity index (χ4v) is 3.78. The number of nitrogens with zero attached hydrogens (tertiary/aromatic N) is 3. The molecule has 31 heavy (non-hydrogen) atoms. The van der Waals surface area contributed by atoms with Crippen molar-refractivity contribution in [1.29, 1.82) is 0 Å². The molecule has 0 unspecified atom stereocenters. The van der Waals surface area contributed by atoms with Crippen LogP contribution in [0.3, 0.4) is 0 Å². The molecule has 4 aromatic rings. The van der Waals surface area contributed by atoms with Gasteiger partial charge < -0.3 is 14.6 Å². The number of para-hydroxylation sites is 1. The maximum atomic E-state index is 14.6. The van der Waals surface area contributed by atoms with Gasteiger partial charge in [-0.05, 0) is 24.3 Å². The molecule has 1 aliphatic rings. The van der Waals surface area contributed by atoms with Gasteiger partial charge in [-0.25, -0.2) is 23.1 Å². The second kappa shape index (κ2) is 7.26. The molecule has 1 atom stereocenters. The van der Waals surface area contributed by atoms with Crippen LogP contribution < -0.4 is 4.74 Å². The Balaban J connectivity index is 1.41. The fourth-order valence-electron chi connectivity index (χ4n) is 3.78. The fraction of sp³-hybridized carbons (Fsp3) is 0.227. The third kappa shape index (κ3) is 3.56. The number of aromatic nitrogens is 3. The van der Waals surface area contributed by atoms with E-state index in [1.807, 2.05) is 12.1 Å². The second-order valence-electron chi connectivity index (χ2n) is 7.46. The lowest BCUT2D eigenvalue weighted by molar-refractivity contribution is -0.131. The molecule has 1 saturated heterocycles. The van der Waals surface area contributed by atoms with Gasteiger partial charge >= 0.3 is 0 Å². The lowest BCUT2D eigenvalue weighted by Gasteiger charge is -2.38. The molecule has 0 radical (unpaired) electrons. The van der Waals surface area contributed by atoms with Crippen LogP contribution in [-0.4, -0.2) is 50.9 Å². The number of rotatable bonds is 3. The molecular formula is C22H17F3N4O2. The first-order valence-electron chi connectivity index (χ1n) is 9.73. The minimum Gasteiger partial charge on any atom is -0.466 e. The molecule has 1 aliphatic heterocycles. The van der Waals surface area contributed by atoms with Crippen LogP contribution >= 0.6 is 0 Å². The summed E-state index contributed by atoms with van der Waals surface area (Å²) in [6.45, 7) is -0.540. The number of ether oxygens (including phenoxy) is 1. The summed E-state index contributed by atoms with van der Waals surface area (Å²) in [5, 5.41) is 0.858. The van der Waals surface area contributed by atoms with Crippen LogP contribution in [0.4, 0.5) is 13.2 Å². The first-order valence-corrected chi connectivity index (χ1v) is 9.73. The number of aromatic amines is 1. The largest absolute Gasteiger partial charge is 0.466 e. The average molecular weight is 426 g/mol. The molecule has 3 heterocycles. The topological polar surface area (TPSA) is 71.1 Å². The highest BCUT2D eigenvalue weighted by atomic mass is 19.3. The van der Waals surface area contributed by atoms with Crippen LogP contribution in [0.2, 0.25) is 0 Å². The maximum Gasteiger partial charge on any atom is 0.287 e. The van der Waals surface area contributed by atoms with Crippen molar-refractivity contribution in [1.82, 2.24) is 19.9 Å². The van der Waals surface area contributed by atoms with Crippen molar-refractivity contribution in [2.45, 2.75) is 18.4 Å². The predicted molar refractivity (Wildman–Crippen MR) is 108 cm³/mol. The molecule has 1 fully saturated rings. The highest BCUT2D eigenvalue weighted by Crippen LogP contribution is 2.33. The summed E-state index contributed by atoms with van der Waals surface area (Å²) in [5.41, 5.74) is 1.29. The number of halogens is 3. The molecule has 2 aromatic heterocycles. The molecule has 0 spiro atoms. The second-order valence-corrected chi connectivity index (χ2v) is 7.46. The highest BCUT2D eigenvalue weighted by Gasteiger charge is 2.47. The van der Waals surface area contributed by atoms with Gasteiger partial charge in [-0.2, -0.15) is 0 Å². The third-order valence-electron chi connectivity index (χ3n) is 5.41. The standard InChI is InChI=1S/C22H17F3N4O2/c23-14-9-15(20-17(10-14)26-12-27-20)21(30)29-8-7-22(24,25)18(11-29)31-19-6-5-13-3-1-2-4-16(13)28-19/h1-6,9-10,12,18H,7-8,11H2,(H,26,27)/t18-/m0/s1. The number of amides is 1. The van der Waals surface area contributed by atoms with Crippen LogP contribution in [0.15, 0.2) is 54.9 Å². The minimum absolute atomic E-state index is 0.0176. The highest BCUT2D eigenvalue weighted by molar-refractivity contribution is 6.04. The number of H-pyrrole nitrogens is 1. The van der Waals surface area contributed by atoms with Gasteiger partial charge in [0, 0.05) is 24.4 Å². The van der Waals surface area contributed by atoms with E-state index in [1.165, 1.54) is 23.4 Å². The first-order chi connectivity index (χ1) is 14.9. The average Bonchev–Trinajstić information content (AvgIpc) is 3.22. The van der Waals surface area contributed by atoms with Crippen molar-refractivity contribution >= 4 is 27.8 Å². The summed E-state index contributed by atoms with van der Waals surface area (Å²) in [7, 11) is 0. The number of alkyl halides is 2. The summed E-state index contributed by atoms with van der Waals surface area (Å²) in [6, 6.07) is 12.8. The van der Waals surface area contributed by atoms with E-state index >= 15 is 0 Å². The summed E-state index contributed by atoms with van der Waals surface area (Å²) < 4.78 is 48.7. The molecule has 158 valence electrons. The van der Waals surface area contributed by atoms with E-state index in [9.17, 15) is 18.0 Å². The molecule has 2 aromatic carbocycles. The van der Waals surface area contributed by atoms with E-state index in [0.717, 1.165) is 11.5 Å². The van der Waals surface area contributed by atoms with Crippen LogP contribution in [0, 0.1) is 5.82 Å². The number of carbonyl (C=O) groups excluding carboxylic acids is 1. The Morgan fingerprint density at radius 2 is 2.03 bits per heavy atom. The molecule has 5 rings (SSSR count). The van der Waals surface area contributed by atoms with Crippen molar-refractivity contribution in [3.05, 3.63) is 66.2 Å². The zero-order valence-corrected chi connectivity index (χ0v) is 16.2. The van der Waals surface area contributed by atoms with Gasteiger partial charge in [-0.3, -0.25) is 4.79 Å². The number of imidazole rings is 1. The number of pyridine rings is 1. The van der Waals surface area contributed by atoms with Gasteiger partial charge in [0.1, 0.15) is 11.3 Å². The predicted octanol–water partition coefficient (Wildman–Crippen LogP) is 4.18. The first kappa shape index (κ1) is 19.3. The van der Waals surface area contributed by atoms with Crippen LogP contribution in [0.5, 0.6) is 5.88 Å². The smallest absolute Gasteiger partial charge is 0.287 e. The molecule has 0 aliphatic carbocycles. The Hall–Kier alpha value is -3.62. The number of carbonyl (C=O) groups is 1. The monoisotopic (exact) mass is 426 g/mol. The lowest BCUT2D eigenvalue weighted by Crippen LogP contribution is -2.55. The Labute approximate surface area is 174 Å². The van der Waals surface area contributed by atoms with Crippen molar-refractivity contribution in [3.63, 3.8) is 0 Å². The SMILES string of the molecule is O=C(c1cc(F)cc2[nH]cnc12)N1CCC(F)(F)[C@@H](Oc2ccc3ccccc3n2)C1. The summed E-state index contributed by atoms with van der Waals surface area (Å²) >= 11 is 0. The van der Waals surface area contributed by atoms with Crippen LogP contribution in [-0.2, 0) is 0 Å². The molecule has 9 heteroatoms. The number of hydrogen-bond donors (Lipinski definition) is 1. The Morgan fingerprint density at radius 1 is 1.19 bits per heavy atom. The van der Waals surface area contributed by atoms with E-state index in [-0.39, 0.29) is 30.0 Å². The molecule has 6 nitrogen and oxygen atoms in total. The zero-order valence-electron chi connectivity index (χ0n) is 16.2. The van der Waals surface area contributed by atoms with E-state index in [1.54, 1.807) is 18.2 Å². The van der Waals surface area contributed by atoms with Gasteiger partial charge in [-0.1, -0.05) is 18.2 Å². The van der Waals surface area contributed by atoms with Crippen LogP contribution in [0.25, 0.3) is 21.9 Å². The molecule has 0 bridgehead atoms. The van der Waals surface area contributed by atoms with E-state index in [0.29, 0.717) is 11.0 Å². The quantitative estimate of drug-likeness (QED) is 0.534. The Bertz CT molecular complexity index is 1290. The van der Waals surface area contributed by atoms with Crippen molar-refractivity contribution in [2.24, 2.45) is 0 Å². The van der Waals surface area contributed by atoms with E-state index in [4.69, 9.17) is 4.74 Å². The van der Waals surface area contributed by atoms with Gasteiger partial charge in [0.15, 0.2) is 6.10 Å². The van der Waals surface area contributed by atoms with Crippen molar-refractivity contribution < 1.29 is 22.7 Å². The maximum absolute atomic E-state index is 14.6. The summed E-state index contributed by atoms with van der Waals surface area (Å²) in [6.07, 6.45) is -0.805. The number of benzene rings is 2. The molecule has 1 amide bonds. The van der Waals surface area contributed by atoms with Crippen molar-refractivity contribution in [2.75, 3.05) is 13.1 Å². The normalized spacial score (nSPS) is 18.4.